The van der Waals surface area contributed by atoms with Gasteiger partial charge in [0.2, 0.25) is 0 Å². The summed E-state index contributed by atoms with van der Waals surface area (Å²) in [6.07, 6.45) is 1.32. The third kappa shape index (κ3) is 4.37. The van der Waals surface area contributed by atoms with Crippen LogP contribution >= 0.6 is 0 Å². The van der Waals surface area contributed by atoms with Gasteiger partial charge in [-0.1, -0.05) is 18.2 Å². The average Bonchev–Trinajstić information content (AvgIpc) is 3.33. The summed E-state index contributed by atoms with van der Waals surface area (Å²) in [4.78, 5) is 28.0. The Morgan fingerprint density at radius 3 is 2.58 bits per heavy atom. The fraction of sp³-hybridized carbons (Fsp3) is 0.185. The van der Waals surface area contributed by atoms with E-state index in [1.165, 1.54) is 58.2 Å². The van der Waals surface area contributed by atoms with Crippen molar-refractivity contribution in [2.45, 2.75) is 32.4 Å². The number of carbonyl (C=O) groups excluding carboxylic acids is 2. The summed E-state index contributed by atoms with van der Waals surface area (Å²) in [5.41, 5.74) is 1.09. The standard InChI is InChI=1S/C27H21F2N7O2/c1-16-6-11-23(34-33-16)27(28,29)19-7-9-21(10-8-19)36-17(2)15-35-24(26(36)38)22(14-31-35)25(37)32-20-5-3-4-18(12-20)13-30/h3-12,14,17H,15H2,1-2H3,(H,32,37). The van der Waals surface area contributed by atoms with Gasteiger partial charge in [-0.15, -0.1) is 5.10 Å². The molecule has 4 aromatic rings. The smallest absolute Gasteiger partial charge is 0.316 e. The Morgan fingerprint density at radius 2 is 1.89 bits per heavy atom. The highest BCUT2D eigenvalue weighted by Crippen LogP contribution is 2.36. The Labute approximate surface area is 216 Å². The number of aryl methyl sites for hydroxylation is 1. The Morgan fingerprint density at radius 1 is 1.13 bits per heavy atom. The number of hydrogen-bond acceptors (Lipinski definition) is 6. The summed E-state index contributed by atoms with van der Waals surface area (Å²) in [6.45, 7) is 3.77. The Hall–Kier alpha value is -4.98. The SMILES string of the molecule is Cc1ccc(C(F)(F)c2ccc(N3C(=O)c4c(C(=O)Nc5cccc(C#N)c5)cnn4CC3C)cc2)nn1. The zero-order valence-corrected chi connectivity index (χ0v) is 20.4. The van der Waals surface area contributed by atoms with Crippen LogP contribution in [0, 0.1) is 18.3 Å². The first kappa shape index (κ1) is 24.7. The normalized spacial score (nSPS) is 15.1. The predicted octanol–water partition coefficient (Wildman–Crippen LogP) is 4.29. The van der Waals surface area contributed by atoms with E-state index >= 15 is 8.78 Å². The van der Waals surface area contributed by atoms with Crippen LogP contribution in [0.3, 0.4) is 0 Å². The number of fused-ring (bicyclic) bond motifs is 1. The quantitative estimate of drug-likeness (QED) is 0.425. The third-order valence-electron chi connectivity index (χ3n) is 6.26. The number of nitrogens with zero attached hydrogens (tertiary/aromatic N) is 6. The number of anilines is 2. The van der Waals surface area contributed by atoms with Crippen LogP contribution in [0.25, 0.3) is 0 Å². The van der Waals surface area contributed by atoms with Crippen LogP contribution in [0.1, 0.15) is 50.3 Å². The van der Waals surface area contributed by atoms with E-state index < -0.39 is 23.4 Å². The molecule has 0 radical (unpaired) electrons. The first-order valence-corrected chi connectivity index (χ1v) is 11.7. The molecule has 11 heteroatoms. The second-order valence-corrected chi connectivity index (χ2v) is 8.94. The number of nitrogens with one attached hydrogen (secondary N) is 1. The summed E-state index contributed by atoms with van der Waals surface area (Å²) >= 11 is 0. The van der Waals surface area contributed by atoms with E-state index in [9.17, 15) is 9.59 Å². The Kier molecular flexibility index (Phi) is 6.16. The second-order valence-electron chi connectivity index (χ2n) is 8.94. The molecule has 1 unspecified atom stereocenters. The first-order chi connectivity index (χ1) is 18.2. The largest absolute Gasteiger partial charge is 0.322 e. The fourth-order valence-electron chi connectivity index (χ4n) is 4.34. The molecule has 9 nitrogen and oxygen atoms in total. The highest BCUT2D eigenvalue weighted by Gasteiger charge is 2.38. The van der Waals surface area contributed by atoms with Gasteiger partial charge < -0.3 is 10.2 Å². The fourth-order valence-corrected chi connectivity index (χ4v) is 4.34. The van der Waals surface area contributed by atoms with E-state index in [-0.39, 0.29) is 22.9 Å². The average molecular weight is 514 g/mol. The molecule has 2 amide bonds. The molecule has 0 spiro atoms. The Bertz CT molecular complexity index is 1570. The van der Waals surface area contributed by atoms with Crippen LogP contribution in [0.15, 0.2) is 66.9 Å². The summed E-state index contributed by atoms with van der Waals surface area (Å²) in [5.74, 6) is -4.41. The number of rotatable bonds is 5. The molecule has 1 aliphatic heterocycles. The lowest BCUT2D eigenvalue weighted by atomic mass is 10.0. The van der Waals surface area contributed by atoms with Crippen LogP contribution in [0.2, 0.25) is 0 Å². The number of halogens is 2. The maximum Gasteiger partial charge on any atom is 0.316 e. The molecule has 2 aromatic heterocycles. The molecule has 1 atom stereocenters. The minimum atomic E-state index is -3.37. The van der Waals surface area contributed by atoms with Crippen molar-refractivity contribution in [1.82, 2.24) is 20.0 Å². The van der Waals surface area contributed by atoms with Crippen LogP contribution in [0.4, 0.5) is 20.2 Å². The molecule has 38 heavy (non-hydrogen) atoms. The van der Waals surface area contributed by atoms with Gasteiger partial charge in [0.05, 0.1) is 41.7 Å². The van der Waals surface area contributed by atoms with Crippen molar-refractivity contribution in [3.8, 4) is 6.07 Å². The maximum atomic E-state index is 15.0. The molecular formula is C27H21F2N7O2. The molecule has 3 heterocycles. The minimum Gasteiger partial charge on any atom is -0.322 e. The van der Waals surface area contributed by atoms with Crippen LogP contribution in [-0.4, -0.2) is 37.8 Å². The first-order valence-electron chi connectivity index (χ1n) is 11.7. The number of nitriles is 1. The van der Waals surface area contributed by atoms with E-state index in [0.29, 0.717) is 29.2 Å². The number of alkyl halides is 2. The molecule has 1 aliphatic rings. The van der Waals surface area contributed by atoms with Crippen molar-refractivity contribution < 1.29 is 18.4 Å². The van der Waals surface area contributed by atoms with Crippen LogP contribution in [0.5, 0.6) is 0 Å². The van der Waals surface area contributed by atoms with Gasteiger partial charge in [-0.2, -0.15) is 24.2 Å². The molecule has 0 aliphatic carbocycles. The topological polar surface area (TPSA) is 117 Å². The zero-order chi connectivity index (χ0) is 27.0. The predicted molar refractivity (Wildman–Crippen MR) is 134 cm³/mol. The third-order valence-corrected chi connectivity index (χ3v) is 6.26. The second kappa shape index (κ2) is 9.48. The van der Waals surface area contributed by atoms with Crippen molar-refractivity contribution in [3.05, 3.63) is 101 Å². The van der Waals surface area contributed by atoms with Gasteiger partial charge in [-0.25, -0.2) is 0 Å². The van der Waals surface area contributed by atoms with Gasteiger partial charge in [0.15, 0.2) is 0 Å². The summed E-state index contributed by atoms with van der Waals surface area (Å²) < 4.78 is 31.5. The maximum absolute atomic E-state index is 15.0. The van der Waals surface area contributed by atoms with Gasteiger partial charge in [0.1, 0.15) is 11.4 Å². The van der Waals surface area contributed by atoms with Gasteiger partial charge in [0, 0.05) is 16.9 Å². The zero-order valence-electron chi connectivity index (χ0n) is 20.4. The van der Waals surface area contributed by atoms with Crippen molar-refractivity contribution in [1.29, 1.82) is 5.26 Å². The number of benzene rings is 2. The highest BCUT2D eigenvalue weighted by molar-refractivity contribution is 6.15. The number of carbonyl (C=O) groups is 2. The van der Waals surface area contributed by atoms with E-state index in [2.05, 4.69) is 20.6 Å². The number of hydrogen-bond donors (Lipinski definition) is 1. The molecular weight excluding hydrogens is 492 g/mol. The van der Waals surface area contributed by atoms with Gasteiger partial charge >= 0.3 is 5.92 Å². The molecule has 0 saturated heterocycles. The monoisotopic (exact) mass is 513 g/mol. The summed E-state index contributed by atoms with van der Waals surface area (Å²) in [5, 5.41) is 23.3. The van der Waals surface area contributed by atoms with Gasteiger partial charge in [0.25, 0.3) is 11.8 Å². The molecule has 0 bridgehead atoms. The van der Waals surface area contributed by atoms with Crippen molar-refractivity contribution in [2.24, 2.45) is 0 Å². The molecule has 0 saturated carbocycles. The number of amides is 2. The lowest BCUT2D eigenvalue weighted by molar-refractivity contribution is 0.0370. The molecule has 190 valence electrons. The molecule has 5 rings (SSSR count). The lowest BCUT2D eigenvalue weighted by Crippen LogP contribution is -2.47. The van der Waals surface area contributed by atoms with Gasteiger partial charge in [-0.05, 0) is 56.3 Å². The van der Waals surface area contributed by atoms with Crippen molar-refractivity contribution in [2.75, 3.05) is 10.2 Å². The summed E-state index contributed by atoms with van der Waals surface area (Å²) in [7, 11) is 0. The van der Waals surface area contributed by atoms with E-state index in [4.69, 9.17) is 5.26 Å². The van der Waals surface area contributed by atoms with E-state index in [0.717, 1.165) is 0 Å². The van der Waals surface area contributed by atoms with Crippen molar-refractivity contribution in [3.63, 3.8) is 0 Å². The molecule has 0 fully saturated rings. The van der Waals surface area contributed by atoms with Crippen LogP contribution < -0.4 is 10.2 Å². The van der Waals surface area contributed by atoms with E-state index in [1.54, 1.807) is 32.0 Å². The number of aromatic nitrogens is 4. The summed E-state index contributed by atoms with van der Waals surface area (Å²) in [6, 6.07) is 16.1. The van der Waals surface area contributed by atoms with E-state index in [1.807, 2.05) is 6.07 Å². The molecule has 1 N–H and O–H groups in total. The van der Waals surface area contributed by atoms with Crippen LogP contribution in [-0.2, 0) is 12.5 Å². The highest BCUT2D eigenvalue weighted by atomic mass is 19.3. The van der Waals surface area contributed by atoms with Crippen molar-refractivity contribution >= 4 is 23.2 Å². The van der Waals surface area contributed by atoms with Gasteiger partial charge in [-0.3, -0.25) is 14.3 Å². The molecule has 2 aromatic carbocycles. The lowest BCUT2D eigenvalue weighted by Gasteiger charge is -2.34. The minimum absolute atomic E-state index is 0.0651. The Balaban J connectivity index is 1.41.